The summed E-state index contributed by atoms with van der Waals surface area (Å²) in [6.45, 7) is 5.36. The number of carbonyl (C=O) groups excluding carboxylic acids is 2. The van der Waals surface area contributed by atoms with E-state index in [-0.39, 0.29) is 17.8 Å². The van der Waals surface area contributed by atoms with Gasteiger partial charge in [0.25, 0.3) is 5.91 Å². The van der Waals surface area contributed by atoms with Gasteiger partial charge < -0.3 is 10.1 Å². The maximum Gasteiger partial charge on any atom is 0.255 e. The fourth-order valence-electron chi connectivity index (χ4n) is 2.05. The summed E-state index contributed by atoms with van der Waals surface area (Å²) < 4.78 is 5.54. The van der Waals surface area contributed by atoms with E-state index in [1.807, 2.05) is 13.8 Å². The Kier molecular flexibility index (Phi) is 4.94. The molecular formula is C18H19NO3. The van der Waals surface area contributed by atoms with Crippen LogP contribution >= 0.6 is 0 Å². The van der Waals surface area contributed by atoms with Crippen molar-refractivity contribution in [3.8, 4) is 5.75 Å². The lowest BCUT2D eigenvalue weighted by atomic mass is 10.1. The highest BCUT2D eigenvalue weighted by Crippen LogP contribution is 2.18. The topological polar surface area (TPSA) is 55.4 Å². The van der Waals surface area contributed by atoms with E-state index in [0.29, 0.717) is 16.8 Å². The first-order valence-electron chi connectivity index (χ1n) is 7.15. The normalized spacial score (nSPS) is 10.4. The van der Waals surface area contributed by atoms with Gasteiger partial charge in [0.2, 0.25) is 0 Å². The lowest BCUT2D eigenvalue weighted by molar-refractivity contribution is 0.101. The van der Waals surface area contributed by atoms with Crippen LogP contribution in [0.5, 0.6) is 5.75 Å². The average Bonchev–Trinajstić information content (AvgIpc) is 2.47. The number of anilines is 1. The first-order valence-corrected chi connectivity index (χ1v) is 7.15. The van der Waals surface area contributed by atoms with E-state index >= 15 is 0 Å². The molecule has 114 valence electrons. The fraction of sp³-hybridized carbons (Fsp3) is 0.222. The van der Waals surface area contributed by atoms with Crippen LogP contribution in [0.1, 0.15) is 41.5 Å². The molecule has 0 unspecified atom stereocenters. The van der Waals surface area contributed by atoms with Gasteiger partial charge in [0.05, 0.1) is 11.8 Å². The number of rotatable bonds is 5. The Morgan fingerprint density at radius 1 is 1.00 bits per heavy atom. The number of ether oxygens (including phenoxy) is 1. The van der Waals surface area contributed by atoms with Crippen LogP contribution in [0.25, 0.3) is 0 Å². The number of hydrogen-bond donors (Lipinski definition) is 1. The van der Waals surface area contributed by atoms with E-state index in [2.05, 4.69) is 5.32 Å². The van der Waals surface area contributed by atoms with E-state index in [0.717, 1.165) is 5.75 Å². The highest BCUT2D eigenvalue weighted by molar-refractivity contribution is 6.09. The third-order valence-corrected chi connectivity index (χ3v) is 3.04. The van der Waals surface area contributed by atoms with E-state index in [4.69, 9.17) is 4.74 Å². The minimum Gasteiger partial charge on any atom is -0.491 e. The molecule has 0 saturated heterocycles. The lowest BCUT2D eigenvalue weighted by Gasteiger charge is -2.11. The summed E-state index contributed by atoms with van der Waals surface area (Å²) in [6.07, 6.45) is 0.0853. The van der Waals surface area contributed by atoms with Gasteiger partial charge in [-0.05, 0) is 57.2 Å². The van der Waals surface area contributed by atoms with Crippen molar-refractivity contribution in [1.29, 1.82) is 0 Å². The number of Topliss-reactive ketones (excluding diaryl/α,β-unsaturated/α-hetero) is 1. The first-order chi connectivity index (χ1) is 10.5. The largest absolute Gasteiger partial charge is 0.491 e. The van der Waals surface area contributed by atoms with Crippen LogP contribution in [-0.4, -0.2) is 17.8 Å². The average molecular weight is 297 g/mol. The third kappa shape index (κ3) is 3.95. The molecule has 0 bridgehead atoms. The predicted molar refractivity (Wildman–Crippen MR) is 86.6 cm³/mol. The molecule has 0 spiro atoms. The van der Waals surface area contributed by atoms with Crippen molar-refractivity contribution < 1.29 is 14.3 Å². The molecule has 0 radical (unpaired) electrons. The zero-order valence-electron chi connectivity index (χ0n) is 12.9. The van der Waals surface area contributed by atoms with Crippen molar-refractivity contribution >= 4 is 17.4 Å². The number of carbonyl (C=O) groups is 2. The molecule has 0 aliphatic rings. The van der Waals surface area contributed by atoms with Crippen LogP contribution in [0, 0.1) is 0 Å². The van der Waals surface area contributed by atoms with Gasteiger partial charge in [0.1, 0.15) is 5.75 Å². The number of benzene rings is 2. The van der Waals surface area contributed by atoms with Gasteiger partial charge in [-0.2, -0.15) is 0 Å². The van der Waals surface area contributed by atoms with E-state index in [1.165, 1.54) is 6.92 Å². The number of ketones is 1. The summed E-state index contributed by atoms with van der Waals surface area (Å²) in [5.74, 6) is 0.372. The van der Waals surface area contributed by atoms with Crippen LogP contribution in [0.2, 0.25) is 0 Å². The first kappa shape index (κ1) is 15.8. The van der Waals surface area contributed by atoms with Crippen molar-refractivity contribution in [3.63, 3.8) is 0 Å². The fourth-order valence-corrected chi connectivity index (χ4v) is 2.05. The van der Waals surface area contributed by atoms with Gasteiger partial charge in [-0.25, -0.2) is 0 Å². The van der Waals surface area contributed by atoms with Gasteiger partial charge in [0.15, 0.2) is 5.78 Å². The summed E-state index contributed by atoms with van der Waals surface area (Å²) in [4.78, 5) is 23.8. The Labute approximate surface area is 130 Å². The number of hydrogen-bond acceptors (Lipinski definition) is 3. The minimum atomic E-state index is -0.259. The van der Waals surface area contributed by atoms with Crippen LogP contribution in [-0.2, 0) is 0 Å². The summed E-state index contributed by atoms with van der Waals surface area (Å²) in [6, 6.07) is 13.9. The quantitative estimate of drug-likeness (QED) is 0.851. The Hall–Kier alpha value is -2.62. The number of nitrogens with one attached hydrogen (secondary N) is 1. The molecule has 0 aliphatic heterocycles. The molecule has 1 amide bonds. The van der Waals surface area contributed by atoms with Crippen molar-refractivity contribution in [2.24, 2.45) is 0 Å². The SMILES string of the molecule is CC(=O)c1ccccc1NC(=O)c1ccc(OC(C)C)cc1. The molecule has 0 saturated carbocycles. The highest BCUT2D eigenvalue weighted by atomic mass is 16.5. The van der Waals surface area contributed by atoms with Gasteiger partial charge in [-0.1, -0.05) is 12.1 Å². The Bertz CT molecular complexity index is 675. The molecule has 2 aromatic rings. The summed E-state index contributed by atoms with van der Waals surface area (Å²) >= 11 is 0. The molecule has 22 heavy (non-hydrogen) atoms. The standard InChI is InChI=1S/C18H19NO3/c1-12(2)22-15-10-8-14(9-11-15)18(21)19-17-7-5-4-6-16(17)13(3)20/h4-12H,1-3H3,(H,19,21). The second-order valence-electron chi connectivity index (χ2n) is 5.25. The molecule has 0 atom stereocenters. The Balaban J connectivity index is 2.14. The second kappa shape index (κ2) is 6.89. The summed E-state index contributed by atoms with van der Waals surface area (Å²) in [5.41, 5.74) is 1.52. The monoisotopic (exact) mass is 297 g/mol. The molecule has 2 rings (SSSR count). The van der Waals surface area contributed by atoms with Crippen molar-refractivity contribution in [2.45, 2.75) is 26.9 Å². The van der Waals surface area contributed by atoms with Crippen molar-refractivity contribution in [2.75, 3.05) is 5.32 Å². The van der Waals surface area contributed by atoms with E-state index in [1.54, 1.807) is 48.5 Å². The van der Waals surface area contributed by atoms with E-state index < -0.39 is 0 Å². The van der Waals surface area contributed by atoms with Crippen LogP contribution in [0.15, 0.2) is 48.5 Å². The maximum absolute atomic E-state index is 12.3. The van der Waals surface area contributed by atoms with Gasteiger partial charge in [0, 0.05) is 11.1 Å². The molecule has 0 aromatic heterocycles. The zero-order chi connectivity index (χ0) is 16.1. The molecule has 0 heterocycles. The molecular weight excluding hydrogens is 278 g/mol. The summed E-state index contributed by atoms with van der Waals surface area (Å²) in [5, 5.41) is 2.77. The van der Waals surface area contributed by atoms with Gasteiger partial charge >= 0.3 is 0 Å². The van der Waals surface area contributed by atoms with Crippen molar-refractivity contribution in [1.82, 2.24) is 0 Å². The van der Waals surface area contributed by atoms with Gasteiger partial charge in [-0.3, -0.25) is 9.59 Å². The molecule has 0 fully saturated rings. The Morgan fingerprint density at radius 3 is 2.23 bits per heavy atom. The highest BCUT2D eigenvalue weighted by Gasteiger charge is 2.11. The van der Waals surface area contributed by atoms with Gasteiger partial charge in [-0.15, -0.1) is 0 Å². The lowest BCUT2D eigenvalue weighted by Crippen LogP contribution is -2.14. The smallest absolute Gasteiger partial charge is 0.255 e. The molecule has 1 N–H and O–H groups in total. The van der Waals surface area contributed by atoms with Crippen molar-refractivity contribution in [3.05, 3.63) is 59.7 Å². The summed E-state index contributed by atoms with van der Waals surface area (Å²) in [7, 11) is 0. The molecule has 0 aliphatic carbocycles. The maximum atomic E-state index is 12.3. The molecule has 4 nitrogen and oxygen atoms in total. The van der Waals surface area contributed by atoms with E-state index in [9.17, 15) is 9.59 Å². The van der Waals surface area contributed by atoms with Crippen LogP contribution in [0.3, 0.4) is 0 Å². The number of amides is 1. The third-order valence-electron chi connectivity index (χ3n) is 3.04. The minimum absolute atomic E-state index is 0.0853. The van der Waals surface area contributed by atoms with Crippen LogP contribution in [0.4, 0.5) is 5.69 Å². The predicted octanol–water partition coefficient (Wildman–Crippen LogP) is 3.93. The second-order valence-corrected chi connectivity index (χ2v) is 5.25. The Morgan fingerprint density at radius 2 is 1.64 bits per heavy atom. The number of para-hydroxylation sites is 1. The molecule has 4 heteroatoms. The zero-order valence-corrected chi connectivity index (χ0v) is 12.9. The van der Waals surface area contributed by atoms with Crippen LogP contribution < -0.4 is 10.1 Å². The molecule has 2 aromatic carbocycles.